The zero-order valence-electron chi connectivity index (χ0n) is 18.8. The smallest absolute Gasteiger partial charge is 0.319 e. The second-order valence-corrected chi connectivity index (χ2v) is 9.44. The molecule has 3 heterocycles. The quantitative estimate of drug-likeness (QED) is 0.622. The van der Waals surface area contributed by atoms with Crippen molar-refractivity contribution in [1.82, 2.24) is 20.2 Å². The molecule has 0 bridgehead atoms. The SMILES string of the molecule is Cc1cc(N2CCSCC2)ccc1NC(=O)NCCCN1CCN(c2ncccn2)CC1. The summed E-state index contributed by atoms with van der Waals surface area (Å²) in [4.78, 5) is 28.1. The number of carbonyl (C=O) groups is 1. The second-order valence-electron chi connectivity index (χ2n) is 8.21. The number of nitrogens with one attached hydrogen (secondary N) is 2. The molecule has 9 heteroatoms. The van der Waals surface area contributed by atoms with Crippen LogP contribution in [0, 0.1) is 6.92 Å². The number of amides is 2. The highest BCUT2D eigenvalue weighted by Gasteiger charge is 2.18. The zero-order chi connectivity index (χ0) is 22.2. The normalized spacial score (nSPS) is 17.3. The van der Waals surface area contributed by atoms with Crippen molar-refractivity contribution >= 4 is 35.1 Å². The Morgan fingerprint density at radius 1 is 1.03 bits per heavy atom. The van der Waals surface area contributed by atoms with E-state index in [1.165, 1.54) is 17.2 Å². The third-order valence-corrected chi connectivity index (χ3v) is 6.92. The van der Waals surface area contributed by atoms with Crippen LogP contribution in [0.1, 0.15) is 12.0 Å². The first-order valence-corrected chi connectivity index (χ1v) is 12.6. The lowest BCUT2D eigenvalue weighted by Gasteiger charge is -2.34. The molecule has 0 unspecified atom stereocenters. The van der Waals surface area contributed by atoms with E-state index in [0.29, 0.717) is 6.54 Å². The molecule has 2 aromatic rings. The van der Waals surface area contributed by atoms with Crippen LogP contribution in [0.4, 0.5) is 22.1 Å². The maximum Gasteiger partial charge on any atom is 0.319 e. The number of aryl methyl sites for hydroxylation is 1. The Morgan fingerprint density at radius 3 is 2.50 bits per heavy atom. The Kier molecular flexibility index (Phi) is 8.06. The molecule has 0 atom stereocenters. The minimum Gasteiger partial charge on any atom is -0.370 e. The summed E-state index contributed by atoms with van der Waals surface area (Å²) in [5.41, 5.74) is 3.21. The van der Waals surface area contributed by atoms with Gasteiger partial charge in [0.1, 0.15) is 0 Å². The molecule has 0 saturated carbocycles. The molecule has 0 spiro atoms. The van der Waals surface area contributed by atoms with Gasteiger partial charge in [-0.25, -0.2) is 14.8 Å². The molecule has 1 aromatic heterocycles. The first-order chi connectivity index (χ1) is 15.7. The van der Waals surface area contributed by atoms with Crippen molar-refractivity contribution < 1.29 is 4.79 Å². The average Bonchev–Trinajstić information content (AvgIpc) is 2.84. The largest absolute Gasteiger partial charge is 0.370 e. The summed E-state index contributed by atoms with van der Waals surface area (Å²) in [6.45, 7) is 9.73. The van der Waals surface area contributed by atoms with Gasteiger partial charge in [0, 0.05) is 81.1 Å². The molecule has 2 aliphatic rings. The van der Waals surface area contributed by atoms with Crippen LogP contribution in [0.3, 0.4) is 0 Å². The fourth-order valence-electron chi connectivity index (χ4n) is 4.10. The van der Waals surface area contributed by atoms with Crippen molar-refractivity contribution in [2.24, 2.45) is 0 Å². The Morgan fingerprint density at radius 2 is 1.78 bits per heavy atom. The number of anilines is 3. The summed E-state index contributed by atoms with van der Waals surface area (Å²) in [5, 5.41) is 5.99. The van der Waals surface area contributed by atoms with Crippen LogP contribution in [0.15, 0.2) is 36.7 Å². The van der Waals surface area contributed by atoms with Gasteiger partial charge in [-0.3, -0.25) is 4.90 Å². The van der Waals surface area contributed by atoms with E-state index in [1.807, 2.05) is 23.9 Å². The molecule has 2 aliphatic heterocycles. The molecule has 2 amide bonds. The van der Waals surface area contributed by atoms with Crippen LogP contribution in [-0.2, 0) is 0 Å². The van der Waals surface area contributed by atoms with E-state index in [2.05, 4.69) is 54.4 Å². The van der Waals surface area contributed by atoms with Gasteiger partial charge in [-0.2, -0.15) is 11.8 Å². The number of hydrogen-bond acceptors (Lipinski definition) is 7. The monoisotopic (exact) mass is 455 g/mol. The highest BCUT2D eigenvalue weighted by Crippen LogP contribution is 2.25. The number of benzene rings is 1. The van der Waals surface area contributed by atoms with E-state index in [0.717, 1.165) is 69.4 Å². The topological polar surface area (TPSA) is 76.6 Å². The van der Waals surface area contributed by atoms with Crippen molar-refractivity contribution in [2.75, 3.05) is 79.0 Å². The van der Waals surface area contributed by atoms with Gasteiger partial charge in [0.15, 0.2) is 0 Å². The van der Waals surface area contributed by atoms with E-state index in [-0.39, 0.29) is 6.03 Å². The fraction of sp³-hybridized carbons (Fsp3) is 0.522. The van der Waals surface area contributed by atoms with Crippen molar-refractivity contribution in [1.29, 1.82) is 0 Å². The number of nitrogens with zero attached hydrogens (tertiary/aromatic N) is 5. The lowest BCUT2D eigenvalue weighted by atomic mass is 10.1. The molecule has 1 aromatic carbocycles. The number of thioether (sulfide) groups is 1. The Balaban J connectivity index is 1.14. The third-order valence-electron chi connectivity index (χ3n) is 5.98. The van der Waals surface area contributed by atoms with Gasteiger partial charge in [-0.05, 0) is 49.7 Å². The van der Waals surface area contributed by atoms with Crippen LogP contribution in [-0.4, -0.2) is 84.8 Å². The number of piperazine rings is 1. The number of aromatic nitrogens is 2. The fourth-order valence-corrected chi connectivity index (χ4v) is 5.01. The number of carbonyl (C=O) groups excluding carboxylic acids is 1. The minimum atomic E-state index is -0.138. The molecule has 4 rings (SSSR count). The summed E-state index contributed by atoms with van der Waals surface area (Å²) in [6.07, 6.45) is 4.50. The van der Waals surface area contributed by atoms with Crippen molar-refractivity contribution in [3.63, 3.8) is 0 Å². The lowest BCUT2D eigenvalue weighted by Crippen LogP contribution is -2.47. The highest BCUT2D eigenvalue weighted by atomic mass is 32.2. The van der Waals surface area contributed by atoms with Crippen LogP contribution in [0.25, 0.3) is 0 Å². The molecule has 0 aliphatic carbocycles. The minimum absolute atomic E-state index is 0.138. The van der Waals surface area contributed by atoms with E-state index >= 15 is 0 Å². The molecule has 8 nitrogen and oxygen atoms in total. The van der Waals surface area contributed by atoms with E-state index in [9.17, 15) is 4.79 Å². The zero-order valence-corrected chi connectivity index (χ0v) is 19.6. The standard InChI is InChI=1S/C23H33N7OS/c1-19-18-20(29-14-16-32-17-15-29)4-5-21(19)27-23(31)26-8-3-9-28-10-12-30(13-11-28)22-24-6-2-7-25-22/h2,4-7,18H,3,8-17H2,1H3,(H2,26,27,31). The molecule has 172 valence electrons. The maximum atomic E-state index is 12.3. The van der Waals surface area contributed by atoms with Gasteiger partial charge in [0.25, 0.3) is 0 Å². The van der Waals surface area contributed by atoms with Gasteiger partial charge in [-0.15, -0.1) is 0 Å². The van der Waals surface area contributed by atoms with Crippen molar-refractivity contribution in [2.45, 2.75) is 13.3 Å². The molecule has 32 heavy (non-hydrogen) atoms. The van der Waals surface area contributed by atoms with Gasteiger partial charge < -0.3 is 20.4 Å². The summed E-state index contributed by atoms with van der Waals surface area (Å²) < 4.78 is 0. The predicted octanol–water partition coefficient (Wildman–Crippen LogP) is 2.67. The number of hydrogen-bond donors (Lipinski definition) is 2. The van der Waals surface area contributed by atoms with Crippen LogP contribution < -0.4 is 20.4 Å². The first kappa shape index (κ1) is 22.7. The molecular weight excluding hydrogens is 422 g/mol. The van der Waals surface area contributed by atoms with Gasteiger partial charge >= 0.3 is 6.03 Å². The third kappa shape index (κ3) is 6.26. The Bertz CT molecular complexity index is 868. The van der Waals surface area contributed by atoms with Crippen LogP contribution >= 0.6 is 11.8 Å². The Labute approximate surface area is 194 Å². The molecule has 2 fully saturated rings. The summed E-state index contributed by atoms with van der Waals surface area (Å²) in [5.74, 6) is 3.17. The van der Waals surface area contributed by atoms with E-state index in [1.54, 1.807) is 12.4 Å². The number of urea groups is 1. The van der Waals surface area contributed by atoms with Gasteiger partial charge in [0.2, 0.25) is 5.95 Å². The molecule has 2 N–H and O–H groups in total. The van der Waals surface area contributed by atoms with Crippen molar-refractivity contribution in [3.8, 4) is 0 Å². The molecule has 0 radical (unpaired) electrons. The maximum absolute atomic E-state index is 12.3. The van der Waals surface area contributed by atoms with E-state index < -0.39 is 0 Å². The van der Waals surface area contributed by atoms with Crippen LogP contribution in [0.2, 0.25) is 0 Å². The van der Waals surface area contributed by atoms with Gasteiger partial charge in [-0.1, -0.05) is 0 Å². The Hall–Kier alpha value is -2.52. The first-order valence-electron chi connectivity index (χ1n) is 11.4. The lowest BCUT2D eigenvalue weighted by molar-refractivity contribution is 0.244. The number of rotatable bonds is 7. The average molecular weight is 456 g/mol. The molecular formula is C23H33N7OS. The summed E-state index contributed by atoms with van der Waals surface area (Å²) in [7, 11) is 0. The second kappa shape index (κ2) is 11.4. The van der Waals surface area contributed by atoms with Crippen molar-refractivity contribution in [3.05, 3.63) is 42.2 Å². The van der Waals surface area contributed by atoms with Crippen LogP contribution in [0.5, 0.6) is 0 Å². The highest BCUT2D eigenvalue weighted by molar-refractivity contribution is 7.99. The van der Waals surface area contributed by atoms with Gasteiger partial charge in [0.05, 0.1) is 0 Å². The molecule has 2 saturated heterocycles. The predicted molar refractivity (Wildman–Crippen MR) is 133 cm³/mol. The van der Waals surface area contributed by atoms with E-state index in [4.69, 9.17) is 0 Å². The summed E-state index contributed by atoms with van der Waals surface area (Å²) >= 11 is 2.01. The summed E-state index contributed by atoms with van der Waals surface area (Å²) in [6, 6.07) is 8.00.